The Morgan fingerprint density at radius 3 is 2.63 bits per heavy atom. The van der Waals surface area contributed by atoms with Crippen molar-refractivity contribution in [3.8, 4) is 17.0 Å². The third-order valence-electron chi connectivity index (χ3n) is 4.28. The minimum Gasteiger partial charge on any atom is -0.476 e. The number of methoxy groups -OCH3 is 1. The van der Waals surface area contributed by atoms with E-state index in [1.54, 1.807) is 32.2 Å². The highest BCUT2D eigenvalue weighted by atomic mass is 16.5. The van der Waals surface area contributed by atoms with Gasteiger partial charge in [-0.15, -0.1) is 0 Å². The van der Waals surface area contributed by atoms with Crippen LogP contribution in [0.1, 0.15) is 30.5 Å². The maximum Gasteiger partial charge on any atom is 0.314 e. The molecule has 1 heterocycles. The predicted molar refractivity (Wildman–Crippen MR) is 107 cm³/mol. The van der Waals surface area contributed by atoms with Gasteiger partial charge in [0.1, 0.15) is 12.4 Å². The monoisotopic (exact) mass is 367 g/mol. The van der Waals surface area contributed by atoms with Crippen molar-refractivity contribution in [1.82, 2.24) is 4.98 Å². The Labute approximate surface area is 159 Å². The molecule has 0 fully saturated rings. The van der Waals surface area contributed by atoms with Crippen LogP contribution in [0, 0.1) is 17.7 Å². The summed E-state index contributed by atoms with van der Waals surface area (Å²) in [6.45, 7) is 9.43. The number of nitrogens with two attached hydrogens (primary N) is 1. The number of nitrogens with one attached hydrogen (secondary N) is 1. The molecule has 6 heteroatoms. The molecule has 0 bridgehead atoms. The Morgan fingerprint density at radius 2 is 2.07 bits per heavy atom. The highest BCUT2D eigenvalue weighted by Gasteiger charge is 2.30. The van der Waals surface area contributed by atoms with Crippen molar-refractivity contribution in [3.63, 3.8) is 0 Å². The van der Waals surface area contributed by atoms with Crippen LogP contribution in [0.4, 0.5) is 0 Å². The number of carbonyl (C=O) groups is 1. The summed E-state index contributed by atoms with van der Waals surface area (Å²) in [5.41, 5.74) is 9.12. The molecule has 0 saturated carbocycles. The van der Waals surface area contributed by atoms with Crippen LogP contribution in [-0.2, 0) is 9.53 Å². The van der Waals surface area contributed by atoms with Crippen LogP contribution in [0.25, 0.3) is 17.2 Å². The van der Waals surface area contributed by atoms with Gasteiger partial charge in [0, 0.05) is 23.4 Å². The lowest BCUT2D eigenvalue weighted by molar-refractivity contribution is -0.152. The van der Waals surface area contributed by atoms with Crippen LogP contribution < -0.4 is 10.5 Å². The molecule has 6 nitrogen and oxygen atoms in total. The summed E-state index contributed by atoms with van der Waals surface area (Å²) in [4.78, 5) is 16.1. The average Bonchev–Trinajstić information content (AvgIpc) is 2.65. The van der Waals surface area contributed by atoms with E-state index in [1.165, 1.54) is 7.11 Å². The van der Waals surface area contributed by atoms with Gasteiger partial charge in [0.15, 0.2) is 0 Å². The van der Waals surface area contributed by atoms with E-state index < -0.39 is 5.41 Å². The molecule has 0 aliphatic carbocycles. The quantitative estimate of drug-likeness (QED) is 0.443. The average molecular weight is 367 g/mol. The van der Waals surface area contributed by atoms with Gasteiger partial charge in [0.25, 0.3) is 0 Å². The molecule has 2 rings (SSSR count). The number of aromatic nitrogens is 1. The summed E-state index contributed by atoms with van der Waals surface area (Å²) in [7, 11) is 1.35. The summed E-state index contributed by atoms with van der Waals surface area (Å²) < 4.78 is 10.5. The molecule has 0 amide bonds. The zero-order chi connectivity index (χ0) is 20.2. The van der Waals surface area contributed by atoms with Crippen molar-refractivity contribution in [3.05, 3.63) is 53.7 Å². The minimum absolute atomic E-state index is 0.0399. The number of ether oxygens (including phenoxy) is 2. The molecule has 0 atom stereocenters. The SMILES string of the molecule is C=Cc1cc(OCC(C)(C)C(=O)OC)ncc1-c1ccc(C(=N)N)c(C)c1. The van der Waals surface area contributed by atoms with Gasteiger partial charge in [-0.05, 0) is 37.5 Å². The van der Waals surface area contributed by atoms with Crippen LogP contribution >= 0.6 is 0 Å². The first-order chi connectivity index (χ1) is 12.7. The molecule has 27 heavy (non-hydrogen) atoms. The zero-order valence-corrected chi connectivity index (χ0v) is 16.1. The fourth-order valence-electron chi connectivity index (χ4n) is 2.66. The number of carbonyl (C=O) groups excluding carboxylic acids is 1. The first-order valence-corrected chi connectivity index (χ1v) is 8.48. The molecular weight excluding hydrogens is 342 g/mol. The molecular formula is C21H25N3O3. The normalized spacial score (nSPS) is 11.0. The number of aryl methyl sites for hydroxylation is 1. The third kappa shape index (κ3) is 4.53. The topological polar surface area (TPSA) is 98.3 Å². The predicted octanol–water partition coefficient (Wildman–Crippen LogP) is 3.56. The van der Waals surface area contributed by atoms with E-state index in [1.807, 2.05) is 25.1 Å². The number of nitrogen functional groups attached to an aromatic ring is 1. The second-order valence-electron chi connectivity index (χ2n) is 6.92. The van der Waals surface area contributed by atoms with Crippen LogP contribution in [0.3, 0.4) is 0 Å². The molecule has 2 aromatic rings. The summed E-state index contributed by atoms with van der Waals surface area (Å²) in [6, 6.07) is 7.46. The second-order valence-corrected chi connectivity index (χ2v) is 6.92. The molecule has 142 valence electrons. The van der Waals surface area contributed by atoms with Gasteiger partial charge in [-0.25, -0.2) is 4.98 Å². The fourth-order valence-corrected chi connectivity index (χ4v) is 2.66. The lowest BCUT2D eigenvalue weighted by atomic mass is 9.95. The first kappa shape index (κ1) is 20.2. The van der Waals surface area contributed by atoms with Gasteiger partial charge in [0.2, 0.25) is 5.88 Å². The number of amidine groups is 1. The van der Waals surface area contributed by atoms with E-state index in [2.05, 4.69) is 11.6 Å². The van der Waals surface area contributed by atoms with Gasteiger partial charge in [0.05, 0.1) is 12.5 Å². The van der Waals surface area contributed by atoms with Crippen molar-refractivity contribution in [1.29, 1.82) is 5.41 Å². The standard InChI is InChI=1S/C21H25N3O3/c1-6-14-10-18(27-12-21(3,4)20(25)26-5)24-11-17(14)15-7-8-16(19(22)23)13(2)9-15/h6-11H,1,12H2,2-5H3,(H3,22,23). The Balaban J connectivity index is 2.29. The molecule has 1 aromatic heterocycles. The molecule has 0 radical (unpaired) electrons. The van der Waals surface area contributed by atoms with E-state index >= 15 is 0 Å². The number of pyridine rings is 1. The van der Waals surface area contributed by atoms with Crippen molar-refractivity contribution in [2.45, 2.75) is 20.8 Å². The third-order valence-corrected chi connectivity index (χ3v) is 4.28. The number of nitrogens with zero attached hydrogens (tertiary/aromatic N) is 1. The van der Waals surface area contributed by atoms with Crippen LogP contribution in [0.2, 0.25) is 0 Å². The number of hydrogen-bond donors (Lipinski definition) is 2. The van der Waals surface area contributed by atoms with Crippen molar-refractivity contribution in [2.75, 3.05) is 13.7 Å². The number of rotatable bonds is 7. The van der Waals surface area contributed by atoms with Gasteiger partial charge < -0.3 is 15.2 Å². The maximum absolute atomic E-state index is 11.8. The van der Waals surface area contributed by atoms with Gasteiger partial charge >= 0.3 is 5.97 Å². The Hall–Kier alpha value is -3.15. The van der Waals surface area contributed by atoms with E-state index in [-0.39, 0.29) is 18.4 Å². The first-order valence-electron chi connectivity index (χ1n) is 8.48. The van der Waals surface area contributed by atoms with Gasteiger partial charge in [-0.3, -0.25) is 10.2 Å². The van der Waals surface area contributed by atoms with Crippen LogP contribution in [-0.4, -0.2) is 30.5 Å². The number of hydrogen-bond acceptors (Lipinski definition) is 5. The van der Waals surface area contributed by atoms with E-state index in [4.69, 9.17) is 20.6 Å². The molecule has 0 saturated heterocycles. The lowest BCUT2D eigenvalue weighted by Gasteiger charge is -2.21. The minimum atomic E-state index is -0.775. The summed E-state index contributed by atoms with van der Waals surface area (Å²) in [5, 5.41) is 7.60. The molecule has 0 aliphatic rings. The molecule has 0 aliphatic heterocycles. The Kier molecular flexibility index (Phi) is 6.00. The Bertz CT molecular complexity index is 888. The summed E-state index contributed by atoms with van der Waals surface area (Å²) in [6.07, 6.45) is 3.43. The largest absolute Gasteiger partial charge is 0.476 e. The summed E-state index contributed by atoms with van der Waals surface area (Å²) in [5.74, 6) is 0.102. The van der Waals surface area contributed by atoms with E-state index in [0.29, 0.717) is 11.4 Å². The molecule has 1 aromatic carbocycles. The van der Waals surface area contributed by atoms with Crippen molar-refractivity contribution < 1.29 is 14.3 Å². The van der Waals surface area contributed by atoms with E-state index in [0.717, 1.165) is 22.3 Å². The zero-order valence-electron chi connectivity index (χ0n) is 16.1. The lowest BCUT2D eigenvalue weighted by Crippen LogP contribution is -2.32. The number of benzene rings is 1. The fraction of sp³-hybridized carbons (Fsp3) is 0.286. The van der Waals surface area contributed by atoms with Crippen LogP contribution in [0.15, 0.2) is 37.0 Å². The maximum atomic E-state index is 11.8. The molecule has 0 unspecified atom stereocenters. The van der Waals surface area contributed by atoms with Crippen LogP contribution in [0.5, 0.6) is 5.88 Å². The molecule has 3 N–H and O–H groups in total. The Morgan fingerprint density at radius 1 is 1.37 bits per heavy atom. The van der Waals surface area contributed by atoms with E-state index in [9.17, 15) is 4.79 Å². The summed E-state index contributed by atoms with van der Waals surface area (Å²) >= 11 is 0. The molecule has 0 spiro atoms. The highest BCUT2D eigenvalue weighted by Crippen LogP contribution is 2.29. The van der Waals surface area contributed by atoms with Gasteiger partial charge in [-0.2, -0.15) is 0 Å². The van der Waals surface area contributed by atoms with Gasteiger partial charge in [-0.1, -0.05) is 30.9 Å². The smallest absolute Gasteiger partial charge is 0.314 e. The highest BCUT2D eigenvalue weighted by molar-refractivity contribution is 5.97. The van der Waals surface area contributed by atoms with Crippen molar-refractivity contribution in [2.24, 2.45) is 11.1 Å². The van der Waals surface area contributed by atoms with Crippen molar-refractivity contribution >= 4 is 17.9 Å². The number of esters is 1. The second kappa shape index (κ2) is 8.03.